The van der Waals surface area contributed by atoms with Crippen LogP contribution >= 0.6 is 0 Å². The predicted molar refractivity (Wildman–Crippen MR) is 174 cm³/mol. The van der Waals surface area contributed by atoms with Crippen molar-refractivity contribution in [3.8, 4) is 0 Å². The fraction of sp³-hybridized carbons (Fsp3) is 0.971. The van der Waals surface area contributed by atoms with Crippen LogP contribution < -0.4 is 0 Å². The van der Waals surface area contributed by atoms with Gasteiger partial charge in [0.05, 0.1) is 40.3 Å². The number of guanidine groups is 1. The maximum Gasteiger partial charge on any atom is 0.350 e. The van der Waals surface area contributed by atoms with Gasteiger partial charge in [0.1, 0.15) is 0 Å². The molecule has 0 fully saturated rings. The molecule has 0 bridgehead atoms. The fourth-order valence-electron chi connectivity index (χ4n) is 5.72. The Morgan fingerprint density at radius 1 is 0.342 bits per heavy atom. The molecular formula is C35H74N3+. The molecule has 0 N–H and O–H groups in total. The molecule has 0 aromatic rings. The van der Waals surface area contributed by atoms with Crippen LogP contribution in [0.5, 0.6) is 0 Å². The van der Waals surface area contributed by atoms with Crippen LogP contribution in [-0.2, 0) is 0 Å². The van der Waals surface area contributed by atoms with Gasteiger partial charge in [0.15, 0.2) is 0 Å². The van der Waals surface area contributed by atoms with Crippen LogP contribution in [-0.4, -0.2) is 60.6 Å². The van der Waals surface area contributed by atoms with Crippen molar-refractivity contribution in [2.75, 3.05) is 40.3 Å². The minimum absolute atomic E-state index is 1.23. The number of rotatable bonds is 28. The molecule has 38 heavy (non-hydrogen) atoms. The molecule has 0 heterocycles. The third-order valence-electron chi connectivity index (χ3n) is 8.09. The average molecular weight is 537 g/mol. The molecular weight excluding hydrogens is 462 g/mol. The van der Waals surface area contributed by atoms with E-state index in [1.165, 1.54) is 186 Å². The van der Waals surface area contributed by atoms with Gasteiger partial charge in [0.2, 0.25) is 0 Å². The van der Waals surface area contributed by atoms with Gasteiger partial charge in [-0.05, 0) is 25.7 Å². The number of nitrogens with zero attached hydrogens (tertiary/aromatic N) is 3. The number of hydrogen-bond acceptors (Lipinski definition) is 0. The van der Waals surface area contributed by atoms with Crippen LogP contribution in [0, 0.1) is 0 Å². The van der Waals surface area contributed by atoms with Crippen LogP contribution in [0.2, 0.25) is 0 Å². The summed E-state index contributed by atoms with van der Waals surface area (Å²) in [5.74, 6) is 1.52. The van der Waals surface area contributed by atoms with Gasteiger partial charge in [-0.25, -0.2) is 0 Å². The maximum absolute atomic E-state index is 2.80. The Kier molecular flexibility index (Phi) is 28.7. The first-order valence-corrected chi connectivity index (χ1v) is 17.7. The zero-order chi connectivity index (χ0) is 28.1. The lowest BCUT2D eigenvalue weighted by Crippen LogP contribution is -2.50. The molecule has 0 saturated heterocycles. The molecule has 3 heteroatoms. The van der Waals surface area contributed by atoms with Crippen molar-refractivity contribution in [2.24, 2.45) is 0 Å². The van der Waals surface area contributed by atoms with Crippen LogP contribution in [0.15, 0.2) is 0 Å². The summed E-state index contributed by atoms with van der Waals surface area (Å²) in [6.45, 7) is 14.2. The summed E-state index contributed by atoms with van der Waals surface area (Å²) in [5, 5.41) is 0. The molecule has 0 amide bonds. The molecule has 0 aromatic heterocycles. The monoisotopic (exact) mass is 537 g/mol. The van der Waals surface area contributed by atoms with Crippen molar-refractivity contribution in [3.63, 3.8) is 0 Å². The number of hydrogen-bond donors (Lipinski definition) is 0. The van der Waals surface area contributed by atoms with Crippen LogP contribution in [0.1, 0.15) is 182 Å². The quantitative estimate of drug-likeness (QED) is 0.0425. The molecule has 0 spiro atoms. The minimum atomic E-state index is 1.23. The second-order valence-corrected chi connectivity index (χ2v) is 12.2. The van der Waals surface area contributed by atoms with Gasteiger partial charge in [-0.2, -0.15) is 0 Å². The zero-order valence-corrected chi connectivity index (χ0v) is 27.6. The second-order valence-electron chi connectivity index (χ2n) is 12.2. The number of unbranched alkanes of at least 4 members (excludes halogenated alkanes) is 20. The summed E-state index contributed by atoms with van der Waals surface area (Å²) in [6, 6.07) is 0. The molecule has 0 aliphatic heterocycles. The van der Waals surface area contributed by atoms with E-state index < -0.39 is 0 Å². The Bertz CT molecular complexity index is 427. The maximum atomic E-state index is 2.80. The largest absolute Gasteiger partial charge is 0.350 e. The SMILES string of the molecule is CCCCCCCCN(CCCCCCCC)C(N(CCCCCCCC)CCCCCCCC)=[N+](C)C. The molecule has 0 rings (SSSR count). The average Bonchev–Trinajstić information content (AvgIpc) is 2.91. The Morgan fingerprint density at radius 3 is 0.763 bits per heavy atom. The van der Waals surface area contributed by atoms with E-state index in [4.69, 9.17) is 0 Å². The zero-order valence-electron chi connectivity index (χ0n) is 27.6. The van der Waals surface area contributed by atoms with Crippen molar-refractivity contribution >= 4 is 5.96 Å². The Morgan fingerprint density at radius 2 is 0.553 bits per heavy atom. The molecule has 0 saturated carbocycles. The molecule has 0 unspecified atom stereocenters. The fourth-order valence-corrected chi connectivity index (χ4v) is 5.72. The lowest BCUT2D eigenvalue weighted by molar-refractivity contribution is -0.476. The van der Waals surface area contributed by atoms with Gasteiger partial charge in [-0.15, -0.1) is 0 Å². The topological polar surface area (TPSA) is 9.49 Å². The van der Waals surface area contributed by atoms with E-state index >= 15 is 0 Å². The first-order chi connectivity index (χ1) is 18.6. The molecule has 0 aliphatic carbocycles. The Hall–Kier alpha value is -0.730. The van der Waals surface area contributed by atoms with Crippen molar-refractivity contribution < 1.29 is 4.58 Å². The highest BCUT2D eigenvalue weighted by molar-refractivity contribution is 5.75. The van der Waals surface area contributed by atoms with Crippen molar-refractivity contribution in [1.82, 2.24) is 9.80 Å². The summed E-state index contributed by atoms with van der Waals surface area (Å²) in [7, 11) is 4.61. The minimum Gasteiger partial charge on any atom is -0.270 e. The second kappa shape index (κ2) is 29.3. The summed E-state index contributed by atoms with van der Waals surface area (Å²) in [4.78, 5) is 5.60. The molecule has 3 nitrogen and oxygen atoms in total. The van der Waals surface area contributed by atoms with E-state index in [0.717, 1.165) is 0 Å². The molecule has 0 aromatic carbocycles. The van der Waals surface area contributed by atoms with Crippen LogP contribution in [0.3, 0.4) is 0 Å². The normalized spacial score (nSPS) is 11.2. The highest BCUT2D eigenvalue weighted by Crippen LogP contribution is 2.14. The third-order valence-corrected chi connectivity index (χ3v) is 8.09. The molecule has 0 radical (unpaired) electrons. The Balaban J connectivity index is 5.24. The summed E-state index contributed by atoms with van der Waals surface area (Å²) < 4.78 is 2.46. The van der Waals surface area contributed by atoms with E-state index in [2.05, 4.69) is 56.2 Å². The van der Waals surface area contributed by atoms with Gasteiger partial charge >= 0.3 is 5.96 Å². The molecule has 0 aliphatic rings. The van der Waals surface area contributed by atoms with Crippen molar-refractivity contribution in [1.29, 1.82) is 0 Å². The first-order valence-electron chi connectivity index (χ1n) is 17.7. The summed E-state index contributed by atoms with van der Waals surface area (Å²) in [6.07, 6.45) is 33.2. The summed E-state index contributed by atoms with van der Waals surface area (Å²) >= 11 is 0. The van der Waals surface area contributed by atoms with E-state index in [1.807, 2.05) is 0 Å². The van der Waals surface area contributed by atoms with Gasteiger partial charge in [-0.1, -0.05) is 156 Å². The van der Waals surface area contributed by atoms with E-state index in [-0.39, 0.29) is 0 Å². The van der Waals surface area contributed by atoms with Crippen LogP contribution in [0.4, 0.5) is 0 Å². The summed E-state index contributed by atoms with van der Waals surface area (Å²) in [5.41, 5.74) is 0. The molecule has 228 valence electrons. The van der Waals surface area contributed by atoms with Crippen LogP contribution in [0.25, 0.3) is 0 Å². The van der Waals surface area contributed by atoms with Gasteiger partial charge in [0, 0.05) is 0 Å². The van der Waals surface area contributed by atoms with Gasteiger partial charge < -0.3 is 0 Å². The van der Waals surface area contributed by atoms with Crippen molar-refractivity contribution in [2.45, 2.75) is 182 Å². The first kappa shape index (κ1) is 37.3. The van der Waals surface area contributed by atoms with Crippen molar-refractivity contribution in [3.05, 3.63) is 0 Å². The smallest absolute Gasteiger partial charge is 0.270 e. The van der Waals surface area contributed by atoms with Gasteiger partial charge in [0.25, 0.3) is 0 Å². The van der Waals surface area contributed by atoms with E-state index in [0.29, 0.717) is 0 Å². The predicted octanol–water partition coefficient (Wildman–Crippen LogP) is 10.7. The third kappa shape index (κ3) is 22.1. The lowest BCUT2D eigenvalue weighted by atomic mass is 10.1. The standard InChI is InChI=1S/C35H74N3/c1-7-11-15-19-23-27-31-37(32-28-24-20-16-12-8-2)35(36(5)6)38(33-29-25-21-17-13-9-3)34-30-26-22-18-14-10-4/h7-34H2,1-6H3/q+1. The highest BCUT2D eigenvalue weighted by atomic mass is 15.4. The highest BCUT2D eigenvalue weighted by Gasteiger charge is 2.26. The lowest BCUT2D eigenvalue weighted by Gasteiger charge is -2.30. The Labute approximate surface area is 242 Å². The van der Waals surface area contributed by atoms with Gasteiger partial charge in [-0.3, -0.25) is 14.4 Å². The molecule has 0 atom stereocenters. The van der Waals surface area contributed by atoms with E-state index in [1.54, 1.807) is 0 Å². The van der Waals surface area contributed by atoms with E-state index in [9.17, 15) is 0 Å².